The number of halogens is 2. The Labute approximate surface area is 139 Å². The second-order valence-electron chi connectivity index (χ2n) is 5.29. The van der Waals surface area contributed by atoms with Crippen molar-refractivity contribution in [2.75, 3.05) is 18.6 Å². The Balaban J connectivity index is 1.94. The summed E-state index contributed by atoms with van der Waals surface area (Å²) in [5, 5.41) is 13.3. The molecule has 1 aromatic carbocycles. The third-order valence-electron chi connectivity index (χ3n) is 3.68. The van der Waals surface area contributed by atoms with Crippen molar-refractivity contribution in [2.45, 2.75) is 24.8 Å². The highest BCUT2D eigenvalue weighted by Gasteiger charge is 2.45. The molecule has 3 unspecified atom stereocenters. The Morgan fingerprint density at radius 1 is 1.52 bits per heavy atom. The van der Waals surface area contributed by atoms with Crippen molar-refractivity contribution in [3.63, 3.8) is 0 Å². The van der Waals surface area contributed by atoms with E-state index in [0.717, 1.165) is 17.7 Å². The van der Waals surface area contributed by atoms with Crippen LogP contribution in [0.5, 0.6) is 0 Å². The summed E-state index contributed by atoms with van der Waals surface area (Å²) < 4.78 is 0. The molecule has 0 aliphatic heterocycles. The topological polar surface area (TPSA) is 49.3 Å². The van der Waals surface area contributed by atoms with Crippen LogP contribution in [-0.4, -0.2) is 35.7 Å². The minimum absolute atomic E-state index is 0.0216. The molecule has 0 bridgehead atoms. The highest BCUT2D eigenvalue weighted by Crippen LogP contribution is 2.50. The molecule has 1 fully saturated rings. The van der Waals surface area contributed by atoms with Gasteiger partial charge in [0, 0.05) is 34.4 Å². The van der Waals surface area contributed by atoms with Crippen LogP contribution in [0, 0.1) is 5.92 Å². The van der Waals surface area contributed by atoms with E-state index in [4.69, 9.17) is 28.3 Å². The average Bonchev–Trinajstić information content (AvgIpc) is 3.19. The van der Waals surface area contributed by atoms with E-state index in [2.05, 4.69) is 5.32 Å². The quantitative estimate of drug-likeness (QED) is 0.795. The highest BCUT2D eigenvalue weighted by molar-refractivity contribution is 7.98. The molecule has 3 nitrogen and oxygen atoms in total. The van der Waals surface area contributed by atoms with E-state index in [1.54, 1.807) is 23.9 Å². The number of benzene rings is 1. The first kappa shape index (κ1) is 16.9. The average molecular weight is 348 g/mol. The van der Waals surface area contributed by atoms with Crippen molar-refractivity contribution in [3.05, 3.63) is 33.8 Å². The fourth-order valence-corrected chi connectivity index (χ4v) is 3.69. The van der Waals surface area contributed by atoms with E-state index >= 15 is 0 Å². The Hall–Kier alpha value is -0.420. The zero-order valence-electron chi connectivity index (χ0n) is 11.8. The van der Waals surface area contributed by atoms with Gasteiger partial charge in [0.1, 0.15) is 0 Å². The van der Waals surface area contributed by atoms with E-state index in [1.807, 2.05) is 12.3 Å². The lowest BCUT2D eigenvalue weighted by Gasteiger charge is -2.16. The number of thioether (sulfide) groups is 1. The lowest BCUT2D eigenvalue weighted by molar-refractivity contribution is -0.123. The van der Waals surface area contributed by atoms with Gasteiger partial charge >= 0.3 is 0 Å². The first-order chi connectivity index (χ1) is 10.1. The number of amides is 1. The van der Waals surface area contributed by atoms with E-state index in [-0.39, 0.29) is 30.4 Å². The number of aliphatic hydroxyl groups is 1. The summed E-state index contributed by atoms with van der Waals surface area (Å²) in [6.45, 7) is 0.0859. The lowest BCUT2D eigenvalue weighted by Crippen LogP contribution is -2.38. The van der Waals surface area contributed by atoms with Crippen LogP contribution in [0.25, 0.3) is 0 Å². The SMILES string of the molecule is CSCC(CCO)NC(=O)C1CC1c1ccc(Cl)cc1Cl. The predicted molar refractivity (Wildman–Crippen MR) is 89.3 cm³/mol. The summed E-state index contributed by atoms with van der Waals surface area (Å²) in [7, 11) is 0. The van der Waals surface area contributed by atoms with Gasteiger partial charge in [0.05, 0.1) is 0 Å². The third kappa shape index (κ3) is 4.52. The molecule has 1 aromatic rings. The summed E-state index contributed by atoms with van der Waals surface area (Å²) in [6, 6.07) is 5.45. The Kier molecular flexibility index (Phi) is 6.23. The molecule has 1 aliphatic carbocycles. The lowest BCUT2D eigenvalue weighted by atomic mass is 10.1. The molecular formula is C15H19Cl2NO2S. The van der Waals surface area contributed by atoms with E-state index in [9.17, 15) is 4.79 Å². The number of hydrogen-bond acceptors (Lipinski definition) is 3. The van der Waals surface area contributed by atoms with Crippen LogP contribution in [0.1, 0.15) is 24.3 Å². The minimum atomic E-state index is -0.0216. The van der Waals surface area contributed by atoms with Crippen molar-refractivity contribution >= 4 is 40.9 Å². The molecule has 6 heteroatoms. The van der Waals surface area contributed by atoms with Gasteiger partial charge < -0.3 is 10.4 Å². The number of hydrogen-bond donors (Lipinski definition) is 2. The normalized spacial score (nSPS) is 21.9. The molecule has 116 valence electrons. The summed E-state index contributed by atoms with van der Waals surface area (Å²) in [5.74, 6) is 1.02. The summed E-state index contributed by atoms with van der Waals surface area (Å²) in [5.41, 5.74) is 0.991. The molecule has 1 saturated carbocycles. The molecule has 21 heavy (non-hydrogen) atoms. The highest BCUT2D eigenvalue weighted by atomic mass is 35.5. The molecule has 0 saturated heterocycles. The molecule has 0 aromatic heterocycles. The number of carbonyl (C=O) groups excluding carboxylic acids is 1. The summed E-state index contributed by atoms with van der Waals surface area (Å²) in [6.07, 6.45) is 3.40. The second kappa shape index (κ2) is 7.73. The van der Waals surface area contributed by atoms with Crippen LogP contribution in [0.15, 0.2) is 18.2 Å². The molecule has 2 N–H and O–H groups in total. The standard InChI is InChI=1S/C15H19Cl2NO2S/c1-21-8-10(4-5-19)18-15(20)13-7-12(13)11-3-2-9(16)6-14(11)17/h2-3,6,10,12-13,19H,4-5,7-8H2,1H3,(H,18,20). The second-order valence-corrected chi connectivity index (χ2v) is 7.04. The number of carbonyl (C=O) groups is 1. The zero-order chi connectivity index (χ0) is 15.4. The van der Waals surface area contributed by atoms with Gasteiger partial charge in [0.2, 0.25) is 5.91 Å². The van der Waals surface area contributed by atoms with Gasteiger partial charge in [-0.15, -0.1) is 0 Å². The molecule has 2 rings (SSSR count). The molecule has 1 aliphatic rings. The van der Waals surface area contributed by atoms with Gasteiger partial charge in [-0.2, -0.15) is 11.8 Å². The van der Waals surface area contributed by atoms with E-state index in [1.165, 1.54) is 0 Å². The van der Waals surface area contributed by atoms with Gasteiger partial charge in [-0.05, 0) is 42.7 Å². The van der Waals surface area contributed by atoms with E-state index < -0.39 is 0 Å². The van der Waals surface area contributed by atoms with Crippen LogP contribution < -0.4 is 5.32 Å². The summed E-state index contributed by atoms with van der Waals surface area (Å²) >= 11 is 13.7. The van der Waals surface area contributed by atoms with Crippen LogP contribution in [0.3, 0.4) is 0 Å². The molecular weight excluding hydrogens is 329 g/mol. The maximum Gasteiger partial charge on any atom is 0.223 e. The first-order valence-corrected chi connectivity index (χ1v) is 9.07. The van der Waals surface area contributed by atoms with Crippen LogP contribution in [0.2, 0.25) is 10.0 Å². The van der Waals surface area contributed by atoms with Crippen molar-refractivity contribution in [3.8, 4) is 0 Å². The van der Waals surface area contributed by atoms with Gasteiger partial charge in [-0.1, -0.05) is 29.3 Å². The molecule has 0 spiro atoms. The number of aliphatic hydroxyl groups excluding tert-OH is 1. The fourth-order valence-electron chi connectivity index (χ4n) is 2.49. The maximum absolute atomic E-state index is 12.3. The number of rotatable bonds is 7. The fraction of sp³-hybridized carbons (Fsp3) is 0.533. The molecule has 1 amide bonds. The Morgan fingerprint density at radius 3 is 2.90 bits per heavy atom. The predicted octanol–water partition coefficient (Wildman–Crippen LogP) is 3.33. The van der Waals surface area contributed by atoms with Crippen LogP contribution in [0.4, 0.5) is 0 Å². The Bertz CT molecular complexity index is 506. The number of nitrogens with one attached hydrogen (secondary N) is 1. The van der Waals surface area contributed by atoms with Gasteiger partial charge in [-0.3, -0.25) is 4.79 Å². The molecule has 0 radical (unpaired) electrons. The monoisotopic (exact) mass is 347 g/mol. The van der Waals surface area contributed by atoms with E-state index in [0.29, 0.717) is 16.5 Å². The first-order valence-electron chi connectivity index (χ1n) is 6.92. The van der Waals surface area contributed by atoms with Gasteiger partial charge in [0.25, 0.3) is 0 Å². The van der Waals surface area contributed by atoms with Crippen LogP contribution >= 0.6 is 35.0 Å². The zero-order valence-corrected chi connectivity index (χ0v) is 14.1. The summed E-state index contributed by atoms with van der Waals surface area (Å²) in [4.78, 5) is 12.3. The van der Waals surface area contributed by atoms with Crippen molar-refractivity contribution in [2.24, 2.45) is 5.92 Å². The van der Waals surface area contributed by atoms with Crippen LogP contribution in [-0.2, 0) is 4.79 Å². The molecule has 3 atom stereocenters. The van der Waals surface area contributed by atoms with Crippen molar-refractivity contribution < 1.29 is 9.90 Å². The largest absolute Gasteiger partial charge is 0.396 e. The molecule has 0 heterocycles. The maximum atomic E-state index is 12.3. The smallest absolute Gasteiger partial charge is 0.223 e. The third-order valence-corrected chi connectivity index (χ3v) is 4.98. The minimum Gasteiger partial charge on any atom is -0.396 e. The van der Waals surface area contributed by atoms with Gasteiger partial charge in [-0.25, -0.2) is 0 Å². The van der Waals surface area contributed by atoms with Gasteiger partial charge in [0.15, 0.2) is 0 Å². The van der Waals surface area contributed by atoms with Crippen molar-refractivity contribution in [1.29, 1.82) is 0 Å². The Morgan fingerprint density at radius 2 is 2.29 bits per heavy atom. The van der Waals surface area contributed by atoms with Crippen molar-refractivity contribution in [1.82, 2.24) is 5.32 Å².